The minimum Gasteiger partial charge on any atom is -0.490 e. The number of benzene rings is 1. The first-order chi connectivity index (χ1) is 14.4. The van der Waals surface area contributed by atoms with Gasteiger partial charge in [-0.3, -0.25) is 4.79 Å². The Kier molecular flexibility index (Phi) is 6.60. The van der Waals surface area contributed by atoms with E-state index in [9.17, 15) is 4.79 Å². The number of hydrogen-bond donors (Lipinski definition) is 2. The zero-order chi connectivity index (χ0) is 21.3. The first-order valence-corrected chi connectivity index (χ1v) is 11.9. The third-order valence-corrected chi connectivity index (χ3v) is 7.17. The molecule has 2 fully saturated rings. The number of amides is 1. The predicted molar refractivity (Wildman–Crippen MR) is 120 cm³/mol. The van der Waals surface area contributed by atoms with Crippen molar-refractivity contribution in [3.05, 3.63) is 22.7 Å². The summed E-state index contributed by atoms with van der Waals surface area (Å²) in [6.07, 6.45) is 4.46. The predicted octanol–water partition coefficient (Wildman–Crippen LogP) is 4.30. The standard InChI is InChI=1S/C23H33N3O3S/c1-13(2)23-26-18-9-10-20(21(19-11-24-19)22(18)30-23)29-17-7-5-16(6-8-17)28-12-14(3)25-15(4)27/h9-10,13-14,16-17,19,24H,5-8,11-12H2,1-4H3,(H,25,27)/t14-,16?,17?,19?/m0/s1. The van der Waals surface area contributed by atoms with Crippen molar-refractivity contribution in [2.75, 3.05) is 13.2 Å². The van der Waals surface area contributed by atoms with E-state index in [0.29, 0.717) is 18.6 Å². The van der Waals surface area contributed by atoms with E-state index < -0.39 is 0 Å². The van der Waals surface area contributed by atoms with Crippen LogP contribution in [-0.2, 0) is 9.53 Å². The molecule has 7 heteroatoms. The van der Waals surface area contributed by atoms with Gasteiger partial charge in [0.1, 0.15) is 5.75 Å². The second-order valence-corrected chi connectivity index (χ2v) is 9.98. The molecular formula is C23H33N3O3S. The number of ether oxygens (including phenoxy) is 2. The van der Waals surface area contributed by atoms with Gasteiger partial charge >= 0.3 is 0 Å². The molecule has 1 saturated carbocycles. The summed E-state index contributed by atoms with van der Waals surface area (Å²) in [4.78, 5) is 16.0. The van der Waals surface area contributed by atoms with Crippen molar-refractivity contribution in [2.24, 2.45) is 0 Å². The molecule has 1 unspecified atom stereocenters. The van der Waals surface area contributed by atoms with Crippen molar-refractivity contribution in [1.82, 2.24) is 15.6 Å². The molecule has 1 aliphatic carbocycles. The van der Waals surface area contributed by atoms with Crippen molar-refractivity contribution < 1.29 is 14.3 Å². The maximum atomic E-state index is 11.1. The zero-order valence-corrected chi connectivity index (χ0v) is 19.2. The van der Waals surface area contributed by atoms with Crippen LogP contribution in [0.25, 0.3) is 10.2 Å². The Morgan fingerprint density at radius 2 is 1.93 bits per heavy atom. The first kappa shape index (κ1) is 21.5. The molecular weight excluding hydrogens is 398 g/mol. The van der Waals surface area contributed by atoms with Crippen molar-refractivity contribution in [3.63, 3.8) is 0 Å². The summed E-state index contributed by atoms with van der Waals surface area (Å²) >= 11 is 1.81. The molecule has 164 valence electrons. The van der Waals surface area contributed by atoms with Crippen LogP contribution in [0.3, 0.4) is 0 Å². The van der Waals surface area contributed by atoms with Crippen LogP contribution in [-0.4, -0.2) is 42.3 Å². The van der Waals surface area contributed by atoms with Crippen molar-refractivity contribution in [2.45, 2.75) is 83.6 Å². The number of carbonyl (C=O) groups excluding carboxylic acids is 1. The number of nitrogens with zero attached hydrogens (tertiary/aromatic N) is 1. The van der Waals surface area contributed by atoms with Crippen LogP contribution >= 0.6 is 11.3 Å². The van der Waals surface area contributed by atoms with Crippen LogP contribution in [0.15, 0.2) is 12.1 Å². The second kappa shape index (κ2) is 9.20. The number of thiazole rings is 1. The van der Waals surface area contributed by atoms with E-state index in [2.05, 4.69) is 36.6 Å². The summed E-state index contributed by atoms with van der Waals surface area (Å²) in [6.45, 7) is 9.48. The Labute approximate surface area is 182 Å². The lowest BCUT2D eigenvalue weighted by Gasteiger charge is -2.30. The fourth-order valence-corrected chi connectivity index (χ4v) is 5.28. The van der Waals surface area contributed by atoms with E-state index in [-0.39, 0.29) is 24.2 Å². The second-order valence-electron chi connectivity index (χ2n) is 8.94. The van der Waals surface area contributed by atoms with Gasteiger partial charge in [-0.2, -0.15) is 0 Å². The van der Waals surface area contributed by atoms with Gasteiger partial charge in [0.25, 0.3) is 0 Å². The quantitative estimate of drug-likeness (QED) is 0.609. The summed E-state index contributed by atoms with van der Waals surface area (Å²) in [5, 5.41) is 7.52. The number of hydrogen-bond acceptors (Lipinski definition) is 6. The van der Waals surface area contributed by atoms with Gasteiger partial charge in [0, 0.05) is 37.0 Å². The average Bonchev–Trinajstić information content (AvgIpc) is 3.43. The molecule has 0 spiro atoms. The third-order valence-electron chi connectivity index (χ3n) is 5.77. The summed E-state index contributed by atoms with van der Waals surface area (Å²) in [5.74, 6) is 1.44. The van der Waals surface area contributed by atoms with Gasteiger partial charge in [0.15, 0.2) is 0 Å². The Morgan fingerprint density at radius 1 is 1.23 bits per heavy atom. The van der Waals surface area contributed by atoms with Gasteiger partial charge in [0.05, 0.1) is 34.0 Å². The molecule has 2 aromatic rings. The Morgan fingerprint density at radius 3 is 2.57 bits per heavy atom. The molecule has 0 bridgehead atoms. The normalized spacial score (nSPS) is 24.8. The highest BCUT2D eigenvalue weighted by molar-refractivity contribution is 7.18. The lowest BCUT2D eigenvalue weighted by atomic mass is 9.94. The molecule has 4 rings (SSSR count). The highest BCUT2D eigenvalue weighted by Gasteiger charge is 2.31. The van der Waals surface area contributed by atoms with Crippen LogP contribution in [0.2, 0.25) is 0 Å². The smallest absolute Gasteiger partial charge is 0.217 e. The van der Waals surface area contributed by atoms with E-state index in [0.717, 1.165) is 43.5 Å². The first-order valence-electron chi connectivity index (χ1n) is 11.1. The maximum Gasteiger partial charge on any atom is 0.217 e. The lowest BCUT2D eigenvalue weighted by Crippen LogP contribution is -2.36. The number of nitrogens with one attached hydrogen (secondary N) is 2. The van der Waals surface area contributed by atoms with E-state index in [1.54, 1.807) is 0 Å². The van der Waals surface area contributed by atoms with E-state index in [1.807, 2.05) is 18.3 Å². The van der Waals surface area contributed by atoms with Gasteiger partial charge in [-0.05, 0) is 44.7 Å². The average molecular weight is 432 g/mol. The third kappa shape index (κ3) is 5.13. The van der Waals surface area contributed by atoms with Crippen LogP contribution in [0.5, 0.6) is 5.75 Å². The van der Waals surface area contributed by atoms with Gasteiger partial charge in [-0.25, -0.2) is 4.98 Å². The van der Waals surface area contributed by atoms with Gasteiger partial charge < -0.3 is 20.1 Å². The Hall–Kier alpha value is -1.70. The maximum absolute atomic E-state index is 11.1. The molecule has 1 amide bonds. The van der Waals surface area contributed by atoms with Crippen LogP contribution in [0, 0.1) is 0 Å². The van der Waals surface area contributed by atoms with Crippen LogP contribution in [0.1, 0.15) is 75.9 Å². The lowest BCUT2D eigenvalue weighted by molar-refractivity contribution is -0.120. The van der Waals surface area contributed by atoms with Crippen molar-refractivity contribution in [3.8, 4) is 5.75 Å². The Bertz CT molecular complexity index is 885. The topological polar surface area (TPSA) is 82.4 Å². The molecule has 1 saturated heterocycles. The minimum atomic E-state index is -0.0115. The molecule has 30 heavy (non-hydrogen) atoms. The largest absolute Gasteiger partial charge is 0.490 e. The van der Waals surface area contributed by atoms with E-state index in [4.69, 9.17) is 14.5 Å². The number of rotatable bonds is 8. The van der Waals surface area contributed by atoms with Gasteiger partial charge in [0.2, 0.25) is 5.91 Å². The molecule has 1 aromatic heterocycles. The highest BCUT2D eigenvalue weighted by atomic mass is 32.1. The van der Waals surface area contributed by atoms with Crippen molar-refractivity contribution >= 4 is 27.5 Å². The zero-order valence-electron chi connectivity index (χ0n) is 18.4. The molecule has 6 nitrogen and oxygen atoms in total. The molecule has 1 aromatic carbocycles. The summed E-state index contributed by atoms with van der Waals surface area (Å²) in [7, 11) is 0. The molecule has 2 heterocycles. The SMILES string of the molecule is CC(=O)N[C@@H](C)COC1CCC(Oc2ccc3nc(C(C)C)sc3c2C2CN2)CC1. The summed E-state index contributed by atoms with van der Waals surface area (Å²) in [6, 6.07) is 4.65. The molecule has 2 N–H and O–H groups in total. The van der Waals surface area contributed by atoms with E-state index in [1.165, 1.54) is 22.2 Å². The Balaban J connectivity index is 1.37. The van der Waals surface area contributed by atoms with Gasteiger partial charge in [-0.15, -0.1) is 11.3 Å². The number of carbonyl (C=O) groups is 1. The van der Waals surface area contributed by atoms with Crippen LogP contribution < -0.4 is 15.4 Å². The van der Waals surface area contributed by atoms with Crippen molar-refractivity contribution in [1.29, 1.82) is 0 Å². The highest BCUT2D eigenvalue weighted by Crippen LogP contribution is 2.42. The van der Waals surface area contributed by atoms with Gasteiger partial charge in [-0.1, -0.05) is 13.8 Å². The summed E-state index contributed by atoms with van der Waals surface area (Å²) in [5.41, 5.74) is 2.38. The fourth-order valence-electron chi connectivity index (χ4n) is 4.12. The molecule has 0 radical (unpaired) electrons. The monoisotopic (exact) mass is 431 g/mol. The summed E-state index contributed by atoms with van der Waals surface area (Å²) < 4.78 is 13.8. The molecule has 2 atom stereocenters. The minimum absolute atomic E-state index is 0.0115. The molecule has 2 aliphatic rings. The van der Waals surface area contributed by atoms with Crippen LogP contribution in [0.4, 0.5) is 0 Å². The number of fused-ring (bicyclic) bond motifs is 1. The fraction of sp³-hybridized carbons (Fsp3) is 0.652. The molecule has 1 aliphatic heterocycles. The van der Waals surface area contributed by atoms with E-state index >= 15 is 0 Å². The number of aromatic nitrogens is 1.